The van der Waals surface area contributed by atoms with E-state index in [1.807, 2.05) is 36.1 Å². The van der Waals surface area contributed by atoms with Crippen LogP contribution in [-0.2, 0) is 20.9 Å². The van der Waals surface area contributed by atoms with Gasteiger partial charge in [0, 0.05) is 45.7 Å². The number of rotatable bonds is 6. The monoisotopic (exact) mass is 345 g/mol. The maximum Gasteiger partial charge on any atom is 0.225 e. The molecule has 0 unspecified atom stereocenters. The van der Waals surface area contributed by atoms with Crippen LogP contribution in [0.4, 0.5) is 0 Å². The molecule has 2 aliphatic heterocycles. The number of morpholine rings is 1. The molecule has 1 N–H and O–H groups in total. The Morgan fingerprint density at radius 2 is 2.00 bits per heavy atom. The van der Waals surface area contributed by atoms with E-state index in [1.165, 1.54) is 0 Å². The molecule has 1 aromatic rings. The lowest BCUT2D eigenvalue weighted by Crippen LogP contribution is -2.42. The van der Waals surface area contributed by atoms with Gasteiger partial charge in [-0.2, -0.15) is 0 Å². The highest BCUT2D eigenvalue weighted by molar-refractivity contribution is 5.89. The molecular formula is C19H27N3O3. The third kappa shape index (κ3) is 4.80. The lowest BCUT2D eigenvalue weighted by molar-refractivity contribution is -0.129. The summed E-state index contributed by atoms with van der Waals surface area (Å²) < 4.78 is 5.34. The number of hydrogen-bond donors (Lipinski definition) is 1. The topological polar surface area (TPSA) is 61.9 Å². The average Bonchev–Trinajstić information content (AvgIpc) is 3.01. The third-order valence-corrected chi connectivity index (χ3v) is 5.09. The van der Waals surface area contributed by atoms with Crippen LogP contribution in [0.2, 0.25) is 0 Å². The number of aryl methyl sites for hydroxylation is 1. The molecule has 3 rings (SSSR count). The van der Waals surface area contributed by atoms with Gasteiger partial charge in [-0.1, -0.05) is 24.3 Å². The van der Waals surface area contributed by atoms with E-state index >= 15 is 0 Å². The number of nitrogens with one attached hydrogen (secondary N) is 1. The summed E-state index contributed by atoms with van der Waals surface area (Å²) in [5.74, 6) is -0.170. The number of carbonyl (C=O) groups is 2. The van der Waals surface area contributed by atoms with Crippen molar-refractivity contribution in [1.82, 2.24) is 15.1 Å². The summed E-state index contributed by atoms with van der Waals surface area (Å²) in [4.78, 5) is 28.7. The number of likely N-dealkylation sites (tertiary alicyclic amines) is 1. The largest absolute Gasteiger partial charge is 0.379 e. The first-order valence-electron chi connectivity index (χ1n) is 9.03. The molecule has 0 bridgehead atoms. The Hall–Kier alpha value is -1.92. The maximum atomic E-state index is 12.4. The van der Waals surface area contributed by atoms with Gasteiger partial charge in [0.2, 0.25) is 11.8 Å². The number of ether oxygens (including phenoxy) is 1. The summed E-state index contributed by atoms with van der Waals surface area (Å²) in [5.41, 5.74) is 2.28. The molecule has 2 saturated heterocycles. The van der Waals surface area contributed by atoms with E-state index < -0.39 is 0 Å². The molecule has 2 amide bonds. The first-order valence-corrected chi connectivity index (χ1v) is 9.03. The molecule has 6 nitrogen and oxygen atoms in total. The van der Waals surface area contributed by atoms with Crippen LogP contribution in [0.15, 0.2) is 24.3 Å². The Bertz CT molecular complexity index is 614. The fourth-order valence-electron chi connectivity index (χ4n) is 3.39. The van der Waals surface area contributed by atoms with E-state index in [-0.39, 0.29) is 17.7 Å². The van der Waals surface area contributed by atoms with Gasteiger partial charge in [-0.05, 0) is 18.1 Å². The lowest BCUT2D eigenvalue weighted by atomic mass is 10.1. The van der Waals surface area contributed by atoms with Crippen LogP contribution >= 0.6 is 0 Å². The third-order valence-electron chi connectivity index (χ3n) is 5.09. The fourth-order valence-corrected chi connectivity index (χ4v) is 3.39. The summed E-state index contributed by atoms with van der Waals surface area (Å²) in [6.45, 7) is 7.99. The zero-order valence-corrected chi connectivity index (χ0v) is 14.9. The normalized spacial score (nSPS) is 21.6. The van der Waals surface area contributed by atoms with Gasteiger partial charge in [0.05, 0.1) is 19.1 Å². The molecule has 2 fully saturated rings. The minimum absolute atomic E-state index is 0.0227. The molecule has 2 aliphatic rings. The number of nitrogens with zero attached hydrogens (tertiary/aromatic N) is 2. The molecule has 0 saturated carbocycles. The van der Waals surface area contributed by atoms with Crippen LogP contribution in [0, 0.1) is 12.8 Å². The Morgan fingerprint density at radius 1 is 1.24 bits per heavy atom. The van der Waals surface area contributed by atoms with Gasteiger partial charge in [0.25, 0.3) is 0 Å². The van der Waals surface area contributed by atoms with E-state index in [0.717, 1.165) is 44.0 Å². The number of benzene rings is 1. The maximum absolute atomic E-state index is 12.4. The van der Waals surface area contributed by atoms with Crippen LogP contribution in [0.1, 0.15) is 17.5 Å². The highest BCUT2D eigenvalue weighted by Gasteiger charge is 2.34. The van der Waals surface area contributed by atoms with Gasteiger partial charge < -0.3 is 15.0 Å². The van der Waals surface area contributed by atoms with Crippen molar-refractivity contribution in [3.63, 3.8) is 0 Å². The number of hydrogen-bond acceptors (Lipinski definition) is 4. The number of carbonyl (C=O) groups excluding carboxylic acids is 2. The molecule has 0 radical (unpaired) electrons. The second-order valence-corrected chi connectivity index (χ2v) is 6.84. The minimum atomic E-state index is -0.235. The van der Waals surface area contributed by atoms with Gasteiger partial charge in [-0.15, -0.1) is 0 Å². The van der Waals surface area contributed by atoms with E-state index in [2.05, 4.69) is 10.2 Å². The van der Waals surface area contributed by atoms with Gasteiger partial charge in [0.1, 0.15) is 0 Å². The molecular weight excluding hydrogens is 318 g/mol. The predicted octanol–water partition coefficient (Wildman–Crippen LogP) is 0.792. The molecule has 0 aromatic heterocycles. The van der Waals surface area contributed by atoms with Crippen LogP contribution in [-0.4, -0.2) is 67.6 Å². The fraction of sp³-hybridized carbons (Fsp3) is 0.579. The van der Waals surface area contributed by atoms with Crippen molar-refractivity contribution in [1.29, 1.82) is 0 Å². The number of amides is 2. The summed E-state index contributed by atoms with van der Waals surface area (Å²) in [5, 5.41) is 2.98. The van der Waals surface area contributed by atoms with Crippen LogP contribution in [0.5, 0.6) is 0 Å². The second-order valence-electron chi connectivity index (χ2n) is 6.84. The quantitative estimate of drug-likeness (QED) is 0.828. The van der Waals surface area contributed by atoms with Crippen molar-refractivity contribution in [3.8, 4) is 0 Å². The lowest BCUT2D eigenvalue weighted by Gasteiger charge is -2.28. The molecule has 1 atom stereocenters. The Morgan fingerprint density at radius 3 is 2.76 bits per heavy atom. The molecule has 136 valence electrons. The Kier molecular flexibility index (Phi) is 6.04. The molecule has 25 heavy (non-hydrogen) atoms. The first kappa shape index (κ1) is 17.9. The van der Waals surface area contributed by atoms with Crippen LogP contribution in [0.25, 0.3) is 0 Å². The Labute approximate surface area is 149 Å². The van der Waals surface area contributed by atoms with Gasteiger partial charge >= 0.3 is 0 Å². The van der Waals surface area contributed by atoms with Crippen molar-refractivity contribution in [3.05, 3.63) is 35.4 Å². The van der Waals surface area contributed by atoms with Gasteiger partial charge in [0.15, 0.2) is 0 Å². The van der Waals surface area contributed by atoms with Crippen molar-refractivity contribution in [2.75, 3.05) is 45.9 Å². The average molecular weight is 345 g/mol. The Balaban J connectivity index is 1.44. The smallest absolute Gasteiger partial charge is 0.225 e. The molecule has 1 aromatic carbocycles. The predicted molar refractivity (Wildman–Crippen MR) is 95.0 cm³/mol. The summed E-state index contributed by atoms with van der Waals surface area (Å²) in [7, 11) is 0. The summed E-state index contributed by atoms with van der Waals surface area (Å²) >= 11 is 0. The van der Waals surface area contributed by atoms with Crippen molar-refractivity contribution in [2.24, 2.45) is 5.92 Å². The van der Waals surface area contributed by atoms with E-state index in [9.17, 15) is 9.59 Å². The van der Waals surface area contributed by atoms with Crippen molar-refractivity contribution in [2.45, 2.75) is 19.9 Å². The van der Waals surface area contributed by atoms with Gasteiger partial charge in [-0.25, -0.2) is 0 Å². The highest BCUT2D eigenvalue weighted by atomic mass is 16.5. The summed E-state index contributed by atoms with van der Waals surface area (Å²) in [6, 6.07) is 8.02. The van der Waals surface area contributed by atoms with Crippen LogP contribution in [0.3, 0.4) is 0 Å². The highest BCUT2D eigenvalue weighted by Crippen LogP contribution is 2.18. The SMILES string of the molecule is Cc1ccccc1CNC(=O)[C@@H]1CC(=O)N(CCN2CCOCC2)C1. The van der Waals surface area contributed by atoms with Gasteiger partial charge in [-0.3, -0.25) is 14.5 Å². The zero-order valence-electron chi connectivity index (χ0n) is 14.9. The minimum Gasteiger partial charge on any atom is -0.379 e. The van der Waals surface area contributed by atoms with E-state index in [1.54, 1.807) is 0 Å². The standard InChI is InChI=1S/C19H27N3O3/c1-15-4-2-3-5-16(15)13-20-19(24)17-12-18(23)22(14-17)7-6-21-8-10-25-11-9-21/h2-5,17H,6-14H2,1H3,(H,20,24)/t17-/m1/s1. The summed E-state index contributed by atoms with van der Waals surface area (Å²) in [6.07, 6.45) is 0.322. The van der Waals surface area contributed by atoms with E-state index in [4.69, 9.17) is 4.74 Å². The van der Waals surface area contributed by atoms with Crippen LogP contribution < -0.4 is 5.32 Å². The molecule has 6 heteroatoms. The zero-order chi connectivity index (χ0) is 17.6. The second kappa shape index (κ2) is 8.45. The molecule has 2 heterocycles. The van der Waals surface area contributed by atoms with E-state index in [0.29, 0.717) is 26.1 Å². The first-order chi connectivity index (χ1) is 12.1. The van der Waals surface area contributed by atoms with Crippen molar-refractivity contribution >= 4 is 11.8 Å². The molecule has 0 aliphatic carbocycles. The molecule has 0 spiro atoms. The van der Waals surface area contributed by atoms with Crippen molar-refractivity contribution < 1.29 is 14.3 Å².